The minimum absolute atomic E-state index is 0.0543. The van der Waals surface area contributed by atoms with Gasteiger partial charge in [-0.25, -0.2) is 0 Å². The lowest BCUT2D eigenvalue weighted by atomic mass is 9.85. The maximum atomic E-state index is 9.21. The van der Waals surface area contributed by atoms with Crippen LogP contribution < -0.4 is 5.73 Å². The third kappa shape index (κ3) is 2.95. The quantitative estimate of drug-likeness (QED) is 0.722. The summed E-state index contributed by atoms with van der Waals surface area (Å²) in [6, 6.07) is 3.70. The van der Waals surface area contributed by atoms with Gasteiger partial charge in [0.1, 0.15) is 5.76 Å². The van der Waals surface area contributed by atoms with Gasteiger partial charge in [0.25, 0.3) is 0 Å². The Morgan fingerprint density at radius 3 is 2.60 bits per heavy atom. The van der Waals surface area contributed by atoms with Crippen LogP contribution in [0.3, 0.4) is 0 Å². The van der Waals surface area contributed by atoms with E-state index in [-0.39, 0.29) is 18.8 Å². The lowest BCUT2D eigenvalue weighted by Gasteiger charge is -2.40. The molecule has 0 saturated carbocycles. The summed E-state index contributed by atoms with van der Waals surface area (Å²) in [6.45, 7) is 3.20. The molecule has 0 fully saturated rings. The molecule has 0 aliphatic heterocycles. The van der Waals surface area contributed by atoms with Crippen molar-refractivity contribution in [3.8, 4) is 0 Å². The lowest BCUT2D eigenvalue weighted by Crippen LogP contribution is -2.48. The molecule has 0 radical (unpaired) electrons. The number of hydrogen-bond donors (Lipinski definition) is 3. The van der Waals surface area contributed by atoms with Crippen LogP contribution in [0, 0.1) is 0 Å². The number of β-amino-alcohol motifs (C(OH)–C–C–N with tert-alkyl or cyclic N) is 2. The molecule has 1 aliphatic rings. The molecule has 1 aliphatic carbocycles. The first-order valence-corrected chi connectivity index (χ1v) is 6.80. The van der Waals surface area contributed by atoms with Crippen molar-refractivity contribution in [3.63, 3.8) is 0 Å². The first-order chi connectivity index (χ1) is 9.60. The van der Waals surface area contributed by atoms with Gasteiger partial charge in [-0.15, -0.1) is 0 Å². The average molecular weight is 278 g/mol. The topological polar surface area (TPSA) is 82.9 Å². The Bertz CT molecular complexity index is 487. The fourth-order valence-corrected chi connectivity index (χ4v) is 2.61. The smallest absolute Gasteiger partial charge is 0.135 e. The minimum Gasteiger partial charge on any atom is -0.464 e. The van der Waals surface area contributed by atoms with E-state index in [0.717, 1.165) is 17.8 Å². The van der Waals surface area contributed by atoms with Crippen molar-refractivity contribution in [2.24, 2.45) is 5.73 Å². The van der Waals surface area contributed by atoms with Crippen LogP contribution in [0.1, 0.15) is 19.1 Å². The van der Waals surface area contributed by atoms with E-state index in [4.69, 9.17) is 10.2 Å². The first-order valence-electron chi connectivity index (χ1n) is 6.80. The van der Waals surface area contributed by atoms with Gasteiger partial charge < -0.3 is 20.4 Å². The summed E-state index contributed by atoms with van der Waals surface area (Å²) >= 11 is 0. The average Bonchev–Trinajstić information content (AvgIpc) is 2.95. The van der Waals surface area contributed by atoms with Gasteiger partial charge in [0.15, 0.2) is 0 Å². The first kappa shape index (κ1) is 14.8. The maximum absolute atomic E-state index is 9.21. The van der Waals surface area contributed by atoms with E-state index in [9.17, 15) is 10.2 Å². The van der Waals surface area contributed by atoms with Crippen LogP contribution in [0.25, 0.3) is 5.57 Å². The Kier molecular flexibility index (Phi) is 4.65. The predicted octanol–water partition coefficient (Wildman–Crippen LogP) is 0.955. The van der Waals surface area contributed by atoms with Crippen LogP contribution in [-0.4, -0.2) is 47.0 Å². The van der Waals surface area contributed by atoms with Gasteiger partial charge in [0.05, 0.1) is 19.5 Å². The highest BCUT2D eigenvalue weighted by molar-refractivity contribution is 5.77. The maximum Gasteiger partial charge on any atom is 0.135 e. The molecule has 1 aromatic heterocycles. The second-order valence-electron chi connectivity index (χ2n) is 5.19. The number of nitrogens with two attached hydrogens (primary N) is 1. The summed E-state index contributed by atoms with van der Waals surface area (Å²) in [5.41, 5.74) is 7.32. The number of allylic oxidation sites excluding steroid dienone is 1. The fourth-order valence-electron chi connectivity index (χ4n) is 2.61. The van der Waals surface area contributed by atoms with Crippen molar-refractivity contribution in [2.75, 3.05) is 26.3 Å². The molecule has 2 rings (SSSR count). The van der Waals surface area contributed by atoms with E-state index in [2.05, 4.69) is 17.9 Å². The Hall–Kier alpha value is -1.56. The molecule has 1 unspecified atom stereocenters. The predicted molar refractivity (Wildman–Crippen MR) is 77.7 cm³/mol. The molecule has 4 N–H and O–H groups in total. The Labute approximate surface area is 119 Å². The zero-order valence-electron chi connectivity index (χ0n) is 11.7. The van der Waals surface area contributed by atoms with Crippen LogP contribution in [0.5, 0.6) is 0 Å². The monoisotopic (exact) mass is 278 g/mol. The second-order valence-corrected chi connectivity index (χ2v) is 5.19. The molecular weight excluding hydrogens is 256 g/mol. The van der Waals surface area contributed by atoms with E-state index in [1.54, 1.807) is 6.26 Å². The van der Waals surface area contributed by atoms with Crippen molar-refractivity contribution in [2.45, 2.75) is 18.9 Å². The number of aliphatic hydroxyl groups excluding tert-OH is 2. The molecule has 0 saturated heterocycles. The molecular formula is C15H22N2O3. The summed E-state index contributed by atoms with van der Waals surface area (Å²) in [6.07, 6.45) is 6.39. The van der Waals surface area contributed by atoms with Crippen molar-refractivity contribution >= 4 is 5.57 Å². The van der Waals surface area contributed by atoms with E-state index in [0.29, 0.717) is 18.8 Å². The lowest BCUT2D eigenvalue weighted by molar-refractivity contribution is 0.0909. The van der Waals surface area contributed by atoms with Gasteiger partial charge >= 0.3 is 0 Å². The van der Waals surface area contributed by atoms with Crippen LogP contribution >= 0.6 is 0 Å². The van der Waals surface area contributed by atoms with Crippen molar-refractivity contribution < 1.29 is 14.6 Å². The molecule has 1 heterocycles. The molecule has 0 spiro atoms. The Morgan fingerprint density at radius 1 is 1.35 bits per heavy atom. The molecule has 0 bridgehead atoms. The highest BCUT2D eigenvalue weighted by Crippen LogP contribution is 2.34. The highest BCUT2D eigenvalue weighted by atomic mass is 16.3. The van der Waals surface area contributed by atoms with E-state index < -0.39 is 0 Å². The number of rotatable bonds is 6. The molecule has 110 valence electrons. The highest BCUT2D eigenvalue weighted by Gasteiger charge is 2.32. The SMILES string of the molecule is CC1(N(CCO)CCO)C=C(c2ccco2)C(N)=CC1. The molecule has 5 nitrogen and oxygen atoms in total. The largest absolute Gasteiger partial charge is 0.464 e. The van der Waals surface area contributed by atoms with Gasteiger partial charge in [-0.2, -0.15) is 0 Å². The molecule has 0 amide bonds. The summed E-state index contributed by atoms with van der Waals surface area (Å²) < 4.78 is 5.43. The standard InChI is InChI=1S/C15H22N2O3/c1-15(17(6-8-18)7-9-19)5-4-13(16)12(11-15)14-3-2-10-20-14/h2-4,10-11,18-19H,5-9,16H2,1H3. The summed E-state index contributed by atoms with van der Waals surface area (Å²) in [5, 5.41) is 18.4. The molecule has 1 atom stereocenters. The van der Waals surface area contributed by atoms with Crippen molar-refractivity contribution in [1.82, 2.24) is 4.90 Å². The van der Waals surface area contributed by atoms with Gasteiger partial charge in [0, 0.05) is 29.9 Å². The van der Waals surface area contributed by atoms with Gasteiger partial charge in [-0.1, -0.05) is 12.2 Å². The summed E-state index contributed by atoms with van der Waals surface area (Å²) in [4.78, 5) is 2.05. The Morgan fingerprint density at radius 2 is 2.05 bits per heavy atom. The Balaban J connectivity index is 2.32. The van der Waals surface area contributed by atoms with Crippen LogP contribution in [0.4, 0.5) is 0 Å². The number of aliphatic hydroxyl groups is 2. The zero-order valence-corrected chi connectivity index (χ0v) is 11.7. The normalized spacial score (nSPS) is 22.8. The molecule has 0 aromatic carbocycles. The van der Waals surface area contributed by atoms with Gasteiger partial charge in [-0.05, 0) is 25.5 Å². The van der Waals surface area contributed by atoms with Crippen molar-refractivity contribution in [1.29, 1.82) is 0 Å². The van der Waals surface area contributed by atoms with Crippen LogP contribution in [0.2, 0.25) is 0 Å². The summed E-state index contributed by atoms with van der Waals surface area (Å²) in [5.74, 6) is 0.734. The zero-order chi connectivity index (χ0) is 14.6. The van der Waals surface area contributed by atoms with Gasteiger partial charge in [0.2, 0.25) is 0 Å². The third-order valence-electron chi connectivity index (χ3n) is 3.75. The van der Waals surface area contributed by atoms with Crippen LogP contribution in [0.15, 0.2) is 40.7 Å². The van der Waals surface area contributed by atoms with Gasteiger partial charge in [-0.3, -0.25) is 4.90 Å². The van der Waals surface area contributed by atoms with E-state index in [1.165, 1.54) is 0 Å². The summed E-state index contributed by atoms with van der Waals surface area (Å²) in [7, 11) is 0. The number of hydrogen-bond acceptors (Lipinski definition) is 5. The number of furan rings is 1. The van der Waals surface area contributed by atoms with E-state index in [1.807, 2.05) is 18.2 Å². The minimum atomic E-state index is -0.295. The third-order valence-corrected chi connectivity index (χ3v) is 3.75. The van der Waals surface area contributed by atoms with Crippen LogP contribution in [-0.2, 0) is 0 Å². The van der Waals surface area contributed by atoms with Crippen molar-refractivity contribution in [3.05, 3.63) is 42.0 Å². The number of nitrogens with zero attached hydrogens (tertiary/aromatic N) is 1. The molecule has 5 heteroatoms. The van der Waals surface area contributed by atoms with E-state index >= 15 is 0 Å². The second kappa shape index (κ2) is 6.26. The fraction of sp³-hybridized carbons (Fsp3) is 0.467. The molecule has 20 heavy (non-hydrogen) atoms. The molecule has 1 aromatic rings.